The van der Waals surface area contributed by atoms with E-state index in [-0.39, 0.29) is 11.8 Å². The third-order valence-corrected chi connectivity index (χ3v) is 8.59. The molecule has 1 aliphatic heterocycles. The summed E-state index contributed by atoms with van der Waals surface area (Å²) in [4.78, 5) is 17.3. The van der Waals surface area contributed by atoms with E-state index in [9.17, 15) is 9.18 Å². The largest absolute Gasteiger partial charge is 0.497 e. The van der Waals surface area contributed by atoms with Gasteiger partial charge in [-0.15, -0.1) is 11.3 Å². The number of ether oxygens (including phenoxy) is 2. The van der Waals surface area contributed by atoms with Crippen LogP contribution in [0, 0.1) is 5.82 Å². The summed E-state index contributed by atoms with van der Waals surface area (Å²) < 4.78 is 27.5. The van der Waals surface area contributed by atoms with Gasteiger partial charge < -0.3 is 24.3 Å². The van der Waals surface area contributed by atoms with Crippen molar-refractivity contribution in [3.8, 4) is 16.5 Å². The Labute approximate surface area is 219 Å². The molecule has 6 nitrogen and oxygen atoms in total. The Morgan fingerprint density at radius 1 is 1.03 bits per heavy atom. The third kappa shape index (κ3) is 4.15. The number of thiophene rings is 1. The zero-order chi connectivity index (χ0) is 25.5. The monoisotopic (exact) mass is 517 g/mol. The van der Waals surface area contributed by atoms with Crippen LogP contribution in [0.5, 0.6) is 11.5 Å². The molecule has 0 spiro atoms. The van der Waals surface area contributed by atoms with Crippen LogP contribution >= 0.6 is 11.3 Å². The molecule has 1 aliphatic carbocycles. The maximum atomic E-state index is 14.5. The Morgan fingerprint density at radius 2 is 1.89 bits per heavy atom. The molecule has 2 aromatic heterocycles. The second-order valence-electron chi connectivity index (χ2n) is 9.38. The molecule has 0 radical (unpaired) electrons. The highest BCUT2D eigenvalue weighted by Gasteiger charge is 2.36. The fourth-order valence-corrected chi connectivity index (χ4v) is 6.92. The summed E-state index contributed by atoms with van der Waals surface area (Å²) >= 11 is 1.82. The van der Waals surface area contributed by atoms with E-state index >= 15 is 0 Å². The van der Waals surface area contributed by atoms with Crippen LogP contribution in [0.4, 0.5) is 14.9 Å². The molecule has 2 amide bonds. The van der Waals surface area contributed by atoms with E-state index in [0.717, 1.165) is 35.5 Å². The van der Waals surface area contributed by atoms with Gasteiger partial charge in [-0.05, 0) is 73.2 Å². The predicted octanol–water partition coefficient (Wildman–Crippen LogP) is 6.71. The molecule has 0 bridgehead atoms. The first-order chi connectivity index (χ1) is 18.1. The molecule has 0 saturated carbocycles. The van der Waals surface area contributed by atoms with Gasteiger partial charge in [-0.3, -0.25) is 0 Å². The molecule has 4 aromatic rings. The average Bonchev–Trinajstić information content (AvgIpc) is 3.50. The van der Waals surface area contributed by atoms with Crippen molar-refractivity contribution in [3.05, 3.63) is 93.9 Å². The molecule has 3 heterocycles. The topological polar surface area (TPSA) is 55.7 Å². The maximum absolute atomic E-state index is 14.5. The van der Waals surface area contributed by atoms with E-state index < -0.39 is 6.04 Å². The van der Waals surface area contributed by atoms with Crippen molar-refractivity contribution in [1.29, 1.82) is 0 Å². The van der Waals surface area contributed by atoms with Gasteiger partial charge in [0.05, 0.1) is 38.2 Å². The van der Waals surface area contributed by atoms with Crippen molar-refractivity contribution >= 4 is 23.1 Å². The van der Waals surface area contributed by atoms with Gasteiger partial charge >= 0.3 is 6.03 Å². The Morgan fingerprint density at radius 3 is 2.70 bits per heavy atom. The lowest BCUT2D eigenvalue weighted by Crippen LogP contribution is -2.38. The number of carbonyl (C=O) groups excluding carboxylic acids is 1. The van der Waals surface area contributed by atoms with Gasteiger partial charge in [0, 0.05) is 22.7 Å². The molecule has 1 N–H and O–H groups in total. The smallest absolute Gasteiger partial charge is 0.323 e. The lowest BCUT2D eigenvalue weighted by atomic mass is 9.95. The molecule has 2 aromatic carbocycles. The van der Waals surface area contributed by atoms with Crippen LogP contribution in [-0.4, -0.2) is 29.7 Å². The number of nitrogens with one attached hydrogen (secondary N) is 1. The summed E-state index contributed by atoms with van der Waals surface area (Å²) in [7, 11) is 3.15. The van der Waals surface area contributed by atoms with Crippen molar-refractivity contribution in [1.82, 2.24) is 9.47 Å². The molecule has 37 heavy (non-hydrogen) atoms. The highest BCUT2D eigenvalue weighted by atomic mass is 32.1. The van der Waals surface area contributed by atoms with Crippen LogP contribution in [0.25, 0.3) is 5.00 Å². The Balaban J connectivity index is 1.49. The summed E-state index contributed by atoms with van der Waals surface area (Å²) in [6.07, 6.45) is 6.48. The van der Waals surface area contributed by atoms with Crippen molar-refractivity contribution in [2.24, 2.45) is 0 Å². The first kappa shape index (κ1) is 23.6. The van der Waals surface area contributed by atoms with Gasteiger partial charge in [-0.1, -0.05) is 12.1 Å². The van der Waals surface area contributed by atoms with Crippen molar-refractivity contribution in [3.63, 3.8) is 0 Å². The molecule has 8 heteroatoms. The molecule has 6 rings (SSSR count). The summed E-state index contributed by atoms with van der Waals surface area (Å²) in [5, 5.41) is 4.21. The van der Waals surface area contributed by atoms with Crippen molar-refractivity contribution in [2.75, 3.05) is 19.5 Å². The molecule has 0 saturated heterocycles. The third-order valence-electron chi connectivity index (χ3n) is 7.25. The summed E-state index contributed by atoms with van der Waals surface area (Å²) in [6.45, 7) is 0.419. The van der Waals surface area contributed by atoms with E-state index in [0.29, 0.717) is 23.7 Å². The number of amides is 2. The zero-order valence-electron chi connectivity index (χ0n) is 20.8. The minimum absolute atomic E-state index is 0.294. The fourth-order valence-electron chi connectivity index (χ4n) is 5.51. The van der Waals surface area contributed by atoms with Crippen LogP contribution in [-0.2, 0) is 19.4 Å². The van der Waals surface area contributed by atoms with E-state index in [1.165, 1.54) is 34.6 Å². The first-order valence-electron chi connectivity index (χ1n) is 12.4. The quantitative estimate of drug-likeness (QED) is 0.327. The summed E-state index contributed by atoms with van der Waals surface area (Å²) in [5.74, 6) is 0.807. The van der Waals surface area contributed by atoms with Crippen LogP contribution in [0.15, 0.2) is 60.8 Å². The second kappa shape index (κ2) is 9.59. The predicted molar refractivity (Wildman–Crippen MR) is 143 cm³/mol. The fraction of sp³-hybridized carbons (Fsp3) is 0.276. The highest BCUT2D eigenvalue weighted by molar-refractivity contribution is 7.15. The number of carbonyl (C=O) groups is 1. The number of hydrogen-bond acceptors (Lipinski definition) is 4. The van der Waals surface area contributed by atoms with Gasteiger partial charge in [-0.2, -0.15) is 0 Å². The number of benzene rings is 2. The van der Waals surface area contributed by atoms with Crippen LogP contribution in [0.1, 0.15) is 46.1 Å². The molecular weight excluding hydrogens is 489 g/mol. The van der Waals surface area contributed by atoms with Gasteiger partial charge in [0.15, 0.2) is 0 Å². The van der Waals surface area contributed by atoms with Gasteiger partial charge in [0.25, 0.3) is 0 Å². The Bertz CT molecular complexity index is 1480. The average molecular weight is 518 g/mol. The minimum Gasteiger partial charge on any atom is -0.497 e. The minimum atomic E-state index is -0.485. The van der Waals surface area contributed by atoms with Gasteiger partial charge in [-0.25, -0.2) is 9.18 Å². The van der Waals surface area contributed by atoms with Gasteiger partial charge in [0.1, 0.15) is 22.3 Å². The highest BCUT2D eigenvalue weighted by Crippen LogP contribution is 2.44. The van der Waals surface area contributed by atoms with E-state index in [2.05, 4.69) is 16.1 Å². The molecule has 0 fully saturated rings. The molecule has 2 aliphatic rings. The number of urea groups is 1. The number of halogens is 1. The van der Waals surface area contributed by atoms with Crippen LogP contribution < -0.4 is 14.8 Å². The van der Waals surface area contributed by atoms with Crippen LogP contribution in [0.3, 0.4) is 0 Å². The van der Waals surface area contributed by atoms with Crippen molar-refractivity contribution in [2.45, 2.75) is 38.3 Å². The number of nitrogens with zero attached hydrogens (tertiary/aromatic N) is 2. The van der Waals surface area contributed by atoms with Crippen molar-refractivity contribution < 1.29 is 18.7 Å². The number of fused-ring (bicyclic) bond motifs is 5. The number of aromatic nitrogens is 1. The summed E-state index contributed by atoms with van der Waals surface area (Å²) in [6, 6.07) is 15.1. The number of rotatable bonds is 4. The molecule has 190 valence electrons. The number of hydrogen-bond donors (Lipinski definition) is 1. The number of anilines is 1. The Kier molecular flexibility index (Phi) is 6.12. The normalized spacial score (nSPS) is 16.3. The number of methoxy groups -OCH3 is 2. The van der Waals surface area contributed by atoms with E-state index in [1.54, 1.807) is 38.5 Å². The molecular formula is C29H28FN3O3S. The number of aryl methyl sites for hydroxylation is 1. The molecule has 1 unspecified atom stereocenters. The lowest BCUT2D eigenvalue weighted by Gasteiger charge is -2.31. The summed E-state index contributed by atoms with van der Waals surface area (Å²) in [5.41, 5.74) is 4.70. The maximum Gasteiger partial charge on any atom is 0.323 e. The van der Waals surface area contributed by atoms with E-state index in [1.807, 2.05) is 34.4 Å². The van der Waals surface area contributed by atoms with E-state index in [4.69, 9.17) is 9.47 Å². The Hall–Kier alpha value is -3.78. The standard InChI is InChI=1S/C29H28FN3O3S/c1-35-20-12-13-25(36-2)23(16-20)31-29(34)33-17-22-21-9-3-4-11-26(21)37-28(22)32-14-6-10-24(32)27(33)18-7-5-8-19(30)15-18/h5-8,10,12-16,27H,3-4,9,11,17H2,1-2H3,(H,31,34). The molecule has 1 atom stereocenters. The zero-order valence-corrected chi connectivity index (χ0v) is 21.6. The second-order valence-corrected chi connectivity index (χ2v) is 10.5. The first-order valence-corrected chi connectivity index (χ1v) is 13.2. The van der Waals surface area contributed by atoms with Gasteiger partial charge in [0.2, 0.25) is 0 Å². The van der Waals surface area contributed by atoms with Crippen LogP contribution in [0.2, 0.25) is 0 Å². The lowest BCUT2D eigenvalue weighted by molar-refractivity contribution is 0.194. The SMILES string of the molecule is COc1ccc(OC)c(NC(=O)N2Cc3c(sc4c3CCCC4)-n3cccc3C2c2cccc(F)c2)c1.